The van der Waals surface area contributed by atoms with Crippen molar-refractivity contribution in [3.05, 3.63) is 79.0 Å². The van der Waals surface area contributed by atoms with Gasteiger partial charge in [0.15, 0.2) is 11.0 Å². The minimum absolute atomic E-state index is 0.141. The number of fused-ring (bicyclic) bond motifs is 1. The van der Waals surface area contributed by atoms with Crippen molar-refractivity contribution < 1.29 is 14.3 Å². The van der Waals surface area contributed by atoms with Crippen molar-refractivity contribution in [3.63, 3.8) is 0 Å². The summed E-state index contributed by atoms with van der Waals surface area (Å²) in [5.41, 5.74) is 3.51. The molecule has 0 aliphatic carbocycles. The van der Waals surface area contributed by atoms with E-state index in [0.717, 1.165) is 33.7 Å². The summed E-state index contributed by atoms with van der Waals surface area (Å²) < 4.78 is 12.4. The van der Waals surface area contributed by atoms with Gasteiger partial charge in [-0.05, 0) is 54.6 Å². The highest BCUT2D eigenvalue weighted by Gasteiger charge is 2.20. The monoisotopic (exact) mass is 485 g/mol. The molecule has 2 N–H and O–H groups in total. The van der Waals surface area contributed by atoms with Gasteiger partial charge in [-0.1, -0.05) is 30.0 Å². The number of carbonyl (C=O) groups excluding carboxylic acids is 1. The maximum absolute atomic E-state index is 12.6. The number of carbonyl (C=O) groups is 1. The molecule has 2 aromatic heterocycles. The Morgan fingerprint density at radius 1 is 0.943 bits per heavy atom. The minimum atomic E-state index is -0.141. The van der Waals surface area contributed by atoms with Gasteiger partial charge in [0.2, 0.25) is 5.91 Å². The van der Waals surface area contributed by atoms with E-state index >= 15 is 0 Å². The van der Waals surface area contributed by atoms with Gasteiger partial charge in [0.1, 0.15) is 11.5 Å². The molecule has 0 bridgehead atoms. The Kier molecular flexibility index (Phi) is 6.40. The molecule has 0 saturated heterocycles. The Balaban J connectivity index is 1.44. The summed E-state index contributed by atoms with van der Waals surface area (Å²) in [7, 11) is 3.24. The lowest BCUT2D eigenvalue weighted by Crippen LogP contribution is -2.14. The summed E-state index contributed by atoms with van der Waals surface area (Å²) in [4.78, 5) is 15.9. The van der Waals surface area contributed by atoms with Crippen LogP contribution in [0.4, 0.5) is 5.69 Å². The molecule has 0 unspecified atom stereocenters. The van der Waals surface area contributed by atoms with Gasteiger partial charge < -0.3 is 19.8 Å². The molecule has 0 aliphatic heterocycles. The second-order valence-corrected chi connectivity index (χ2v) is 8.60. The number of H-pyrrole nitrogens is 1. The number of amides is 1. The van der Waals surface area contributed by atoms with Crippen LogP contribution in [0.5, 0.6) is 11.5 Å². The number of methoxy groups -OCH3 is 2. The first-order chi connectivity index (χ1) is 17.2. The van der Waals surface area contributed by atoms with Crippen molar-refractivity contribution in [3.8, 4) is 28.6 Å². The Morgan fingerprint density at radius 2 is 1.63 bits per heavy atom. The molecule has 3 aromatic carbocycles. The molecular weight excluding hydrogens is 462 g/mol. The quantitative estimate of drug-likeness (QED) is 0.295. The maximum Gasteiger partial charge on any atom is 0.234 e. The number of hydrogen-bond donors (Lipinski definition) is 2. The topological polar surface area (TPSA) is 94.1 Å². The number of nitrogens with zero attached hydrogens (tertiary/aromatic N) is 3. The average molecular weight is 486 g/mol. The largest absolute Gasteiger partial charge is 0.497 e. The molecule has 176 valence electrons. The molecule has 5 rings (SSSR count). The molecule has 2 heterocycles. The van der Waals surface area contributed by atoms with Crippen molar-refractivity contribution in [1.29, 1.82) is 0 Å². The Morgan fingerprint density at radius 3 is 2.34 bits per heavy atom. The number of aromatic amines is 1. The second kappa shape index (κ2) is 9.94. The van der Waals surface area contributed by atoms with Crippen molar-refractivity contribution in [2.24, 2.45) is 0 Å². The fourth-order valence-electron chi connectivity index (χ4n) is 3.76. The van der Waals surface area contributed by atoms with Crippen LogP contribution in [0.1, 0.15) is 0 Å². The van der Waals surface area contributed by atoms with Gasteiger partial charge in [0, 0.05) is 34.0 Å². The van der Waals surface area contributed by atoms with E-state index in [1.807, 2.05) is 59.3 Å². The van der Waals surface area contributed by atoms with Crippen molar-refractivity contribution in [2.75, 3.05) is 25.3 Å². The summed E-state index contributed by atoms with van der Waals surface area (Å²) in [6.45, 7) is 0. The molecule has 1 amide bonds. The molecule has 8 nitrogen and oxygen atoms in total. The maximum atomic E-state index is 12.6. The van der Waals surface area contributed by atoms with E-state index in [1.54, 1.807) is 38.5 Å². The van der Waals surface area contributed by atoms with E-state index in [-0.39, 0.29) is 11.7 Å². The van der Waals surface area contributed by atoms with Crippen molar-refractivity contribution in [2.45, 2.75) is 5.16 Å². The third-order valence-electron chi connectivity index (χ3n) is 5.50. The van der Waals surface area contributed by atoms with Crippen LogP contribution >= 0.6 is 11.8 Å². The van der Waals surface area contributed by atoms with Crippen LogP contribution in [0, 0.1) is 0 Å². The van der Waals surface area contributed by atoms with Gasteiger partial charge in [-0.3, -0.25) is 9.36 Å². The molecule has 0 fully saturated rings. The first kappa shape index (κ1) is 22.5. The molecule has 5 aromatic rings. The van der Waals surface area contributed by atoms with E-state index in [9.17, 15) is 4.79 Å². The number of rotatable bonds is 8. The molecule has 35 heavy (non-hydrogen) atoms. The van der Waals surface area contributed by atoms with Gasteiger partial charge in [0.05, 0.1) is 20.0 Å². The fourth-order valence-corrected chi connectivity index (χ4v) is 4.51. The highest BCUT2D eigenvalue weighted by molar-refractivity contribution is 7.99. The molecule has 0 saturated carbocycles. The Labute approximate surface area is 206 Å². The highest BCUT2D eigenvalue weighted by atomic mass is 32.2. The summed E-state index contributed by atoms with van der Waals surface area (Å²) in [6, 6.07) is 22.9. The van der Waals surface area contributed by atoms with Crippen LogP contribution in [0.15, 0.2) is 84.1 Å². The normalized spacial score (nSPS) is 10.9. The lowest BCUT2D eigenvalue weighted by atomic mass is 10.1. The van der Waals surface area contributed by atoms with Gasteiger partial charge in [-0.25, -0.2) is 0 Å². The molecule has 9 heteroatoms. The van der Waals surface area contributed by atoms with Crippen LogP contribution in [0.3, 0.4) is 0 Å². The molecule has 0 spiro atoms. The van der Waals surface area contributed by atoms with Gasteiger partial charge in [-0.2, -0.15) is 0 Å². The van der Waals surface area contributed by atoms with Gasteiger partial charge in [-0.15, -0.1) is 10.2 Å². The number of anilines is 1. The number of hydrogen-bond acceptors (Lipinski definition) is 6. The molecular formula is C26H23N5O3S. The fraction of sp³-hybridized carbons (Fsp3) is 0.115. The number of nitrogens with one attached hydrogen (secondary N) is 2. The summed E-state index contributed by atoms with van der Waals surface area (Å²) >= 11 is 1.32. The van der Waals surface area contributed by atoms with Crippen LogP contribution in [-0.4, -0.2) is 45.6 Å². The number of ether oxygens (including phenoxy) is 2. The Hall–Kier alpha value is -4.24. The lowest BCUT2D eigenvalue weighted by Gasteiger charge is -2.11. The van der Waals surface area contributed by atoms with E-state index in [2.05, 4.69) is 20.5 Å². The van der Waals surface area contributed by atoms with Gasteiger partial charge >= 0.3 is 0 Å². The zero-order chi connectivity index (χ0) is 24.2. The molecule has 0 atom stereocenters. The van der Waals surface area contributed by atoms with E-state index < -0.39 is 0 Å². The predicted octanol–water partition coefficient (Wildman–Crippen LogP) is 5.16. The summed E-state index contributed by atoms with van der Waals surface area (Å²) in [5, 5.41) is 13.5. The van der Waals surface area contributed by atoms with Crippen LogP contribution < -0.4 is 14.8 Å². The standard InChI is InChI=1S/C26H23N5O3S/c1-33-19-11-7-17(8-12-19)28-24(32)16-35-26-30-29-25(22-15-27-23-6-4-3-5-21(22)23)31(26)18-9-13-20(34-2)14-10-18/h3-15,27H,16H2,1-2H3,(H,28,32). The number of aromatic nitrogens is 4. The first-order valence-electron chi connectivity index (χ1n) is 10.9. The zero-order valence-corrected chi connectivity index (χ0v) is 20.0. The molecule has 0 radical (unpaired) electrons. The Bertz CT molecular complexity index is 1460. The van der Waals surface area contributed by atoms with Crippen molar-refractivity contribution >= 4 is 34.3 Å². The third-order valence-corrected chi connectivity index (χ3v) is 6.43. The van der Waals surface area contributed by atoms with Crippen LogP contribution in [0.2, 0.25) is 0 Å². The number of para-hydroxylation sites is 1. The van der Waals surface area contributed by atoms with Gasteiger partial charge in [0.25, 0.3) is 0 Å². The highest BCUT2D eigenvalue weighted by Crippen LogP contribution is 2.33. The zero-order valence-electron chi connectivity index (χ0n) is 19.2. The number of benzene rings is 3. The summed E-state index contributed by atoms with van der Waals surface area (Å²) in [5.74, 6) is 2.20. The average Bonchev–Trinajstić information content (AvgIpc) is 3.52. The van der Waals surface area contributed by atoms with Crippen LogP contribution in [-0.2, 0) is 4.79 Å². The lowest BCUT2D eigenvalue weighted by molar-refractivity contribution is -0.113. The van der Waals surface area contributed by atoms with E-state index in [0.29, 0.717) is 16.7 Å². The smallest absolute Gasteiger partial charge is 0.234 e. The van der Waals surface area contributed by atoms with E-state index in [4.69, 9.17) is 9.47 Å². The second-order valence-electron chi connectivity index (χ2n) is 7.65. The van der Waals surface area contributed by atoms with E-state index in [1.165, 1.54) is 11.8 Å². The minimum Gasteiger partial charge on any atom is -0.497 e. The van der Waals surface area contributed by atoms with Crippen LogP contribution in [0.25, 0.3) is 28.0 Å². The predicted molar refractivity (Wildman–Crippen MR) is 138 cm³/mol. The summed E-state index contributed by atoms with van der Waals surface area (Å²) in [6.07, 6.45) is 1.93. The van der Waals surface area contributed by atoms with Crippen molar-refractivity contribution in [1.82, 2.24) is 19.7 Å². The first-order valence-corrected chi connectivity index (χ1v) is 11.9. The number of thioether (sulfide) groups is 1. The SMILES string of the molecule is COc1ccc(NC(=O)CSc2nnc(-c3c[nH]c4ccccc34)n2-c2ccc(OC)cc2)cc1. The third kappa shape index (κ3) is 4.71. The molecule has 0 aliphatic rings.